The van der Waals surface area contributed by atoms with Crippen LogP contribution in [0.25, 0.3) is 0 Å². The van der Waals surface area contributed by atoms with Gasteiger partial charge in [0.25, 0.3) is 5.92 Å². The van der Waals surface area contributed by atoms with Gasteiger partial charge in [0.1, 0.15) is 12.4 Å². The first kappa shape index (κ1) is 18.5. The van der Waals surface area contributed by atoms with Gasteiger partial charge in [-0.1, -0.05) is 22.0 Å². The first-order chi connectivity index (χ1) is 13.3. The van der Waals surface area contributed by atoms with Crippen LogP contribution in [0.15, 0.2) is 32.7 Å². The highest BCUT2D eigenvalue weighted by Gasteiger charge is 2.66. The molecular weight excluding hydrogens is 430 g/mol. The minimum Gasteiger partial charge on any atom is -0.381 e. The molecule has 0 radical (unpaired) electrons. The molecule has 2 aliphatic carbocycles. The smallest absolute Gasteiger partial charge is 0.284 e. The van der Waals surface area contributed by atoms with Crippen molar-refractivity contribution in [2.45, 2.75) is 49.7 Å². The number of amidine groups is 1. The minimum absolute atomic E-state index is 0.152. The molecule has 2 spiro atoms. The van der Waals surface area contributed by atoms with Crippen molar-refractivity contribution in [2.24, 2.45) is 21.1 Å². The molecule has 1 aromatic carbocycles. The van der Waals surface area contributed by atoms with E-state index in [-0.39, 0.29) is 17.5 Å². The summed E-state index contributed by atoms with van der Waals surface area (Å²) in [6.07, 6.45) is 4.73. The van der Waals surface area contributed by atoms with Crippen molar-refractivity contribution in [3.05, 3.63) is 33.8 Å². The molecule has 5 rings (SSSR count). The van der Waals surface area contributed by atoms with Gasteiger partial charge in [-0.3, -0.25) is 9.89 Å². The lowest BCUT2D eigenvalue weighted by molar-refractivity contribution is -0.00915. The molecule has 0 bridgehead atoms. The first-order valence-electron chi connectivity index (χ1n) is 9.68. The molecule has 5 nitrogen and oxygen atoms in total. The van der Waals surface area contributed by atoms with Gasteiger partial charge in [-0.2, -0.15) is 0 Å². The third-order valence-corrected chi connectivity index (χ3v) is 7.46. The van der Waals surface area contributed by atoms with Crippen LogP contribution < -0.4 is 5.73 Å². The number of nitrogens with zero attached hydrogens (tertiary/aromatic N) is 3. The highest BCUT2D eigenvalue weighted by Crippen LogP contribution is 2.62. The highest BCUT2D eigenvalue weighted by molar-refractivity contribution is 9.10. The third-order valence-electron chi connectivity index (χ3n) is 6.97. The summed E-state index contributed by atoms with van der Waals surface area (Å²) in [5.74, 6) is -2.14. The molecule has 4 aliphatic rings. The van der Waals surface area contributed by atoms with E-state index >= 15 is 0 Å². The van der Waals surface area contributed by atoms with Crippen molar-refractivity contribution in [3.8, 4) is 0 Å². The molecule has 2 aliphatic heterocycles. The summed E-state index contributed by atoms with van der Waals surface area (Å²) in [5, 5.41) is 0. The number of ether oxygens (including phenoxy) is 1. The average Bonchev–Trinajstić information content (AvgIpc) is 3.09. The fraction of sp³-hybridized carbons (Fsp3) is 0.600. The lowest BCUT2D eigenvalue weighted by Gasteiger charge is -2.47. The Morgan fingerprint density at radius 2 is 2.04 bits per heavy atom. The molecule has 1 fully saturated rings. The largest absolute Gasteiger partial charge is 0.381 e. The number of aliphatic imine (C=N–C) groups is 2. The van der Waals surface area contributed by atoms with Gasteiger partial charge in [0, 0.05) is 17.0 Å². The van der Waals surface area contributed by atoms with Crippen LogP contribution >= 0.6 is 15.9 Å². The van der Waals surface area contributed by atoms with Gasteiger partial charge >= 0.3 is 0 Å². The zero-order chi connectivity index (χ0) is 19.7. The lowest BCUT2D eigenvalue weighted by Crippen LogP contribution is -2.57. The van der Waals surface area contributed by atoms with Crippen LogP contribution in [0.3, 0.4) is 0 Å². The zero-order valence-electron chi connectivity index (χ0n) is 15.7. The van der Waals surface area contributed by atoms with Crippen LogP contribution in [-0.4, -0.2) is 48.9 Å². The van der Waals surface area contributed by atoms with E-state index in [1.165, 1.54) is 10.5 Å². The van der Waals surface area contributed by atoms with E-state index in [0.717, 1.165) is 42.1 Å². The molecule has 1 atom stereocenters. The summed E-state index contributed by atoms with van der Waals surface area (Å²) in [6, 6.07) is 6.22. The molecule has 0 amide bonds. The zero-order valence-corrected chi connectivity index (χ0v) is 17.3. The Balaban J connectivity index is 1.70. The SMILES string of the molecule is COC1CCC2(CC1)Cc1ccc(Br)cc1C21N=C(N)N2CC(F)(F)CN=C21. The molecule has 0 saturated heterocycles. The summed E-state index contributed by atoms with van der Waals surface area (Å²) in [4.78, 5) is 10.8. The maximum atomic E-state index is 14.1. The van der Waals surface area contributed by atoms with Gasteiger partial charge in [-0.25, -0.2) is 13.8 Å². The van der Waals surface area contributed by atoms with E-state index in [0.29, 0.717) is 5.84 Å². The summed E-state index contributed by atoms with van der Waals surface area (Å²) in [5.41, 5.74) is 7.48. The molecular formula is C20H23BrF2N4O. The van der Waals surface area contributed by atoms with E-state index < -0.39 is 24.6 Å². The van der Waals surface area contributed by atoms with E-state index in [4.69, 9.17) is 15.5 Å². The second kappa shape index (κ2) is 5.98. The van der Waals surface area contributed by atoms with Gasteiger partial charge in [-0.15, -0.1) is 0 Å². The second-order valence-corrected chi connectivity index (χ2v) is 9.37. The quantitative estimate of drug-likeness (QED) is 0.709. The number of rotatable bonds is 1. The van der Waals surface area contributed by atoms with Crippen molar-refractivity contribution >= 4 is 27.7 Å². The van der Waals surface area contributed by atoms with Crippen LogP contribution in [0, 0.1) is 5.41 Å². The molecule has 28 heavy (non-hydrogen) atoms. The molecule has 0 aromatic heterocycles. The number of guanidine groups is 1. The van der Waals surface area contributed by atoms with Crippen molar-refractivity contribution in [1.29, 1.82) is 0 Å². The number of halogens is 3. The number of methoxy groups -OCH3 is 1. The molecule has 150 valence electrons. The molecule has 1 unspecified atom stereocenters. The molecule has 8 heteroatoms. The Bertz CT molecular complexity index is 894. The Kier molecular flexibility index (Phi) is 3.95. The van der Waals surface area contributed by atoms with Crippen molar-refractivity contribution in [2.75, 3.05) is 20.2 Å². The summed E-state index contributed by atoms with van der Waals surface area (Å²) >= 11 is 3.58. The summed E-state index contributed by atoms with van der Waals surface area (Å²) in [7, 11) is 1.75. The average molecular weight is 453 g/mol. The molecule has 1 saturated carbocycles. The Morgan fingerprint density at radius 3 is 2.75 bits per heavy atom. The Labute approximate surface area is 171 Å². The van der Waals surface area contributed by atoms with Gasteiger partial charge in [-0.05, 0) is 55.4 Å². The summed E-state index contributed by atoms with van der Waals surface area (Å²) < 4.78 is 34.7. The maximum absolute atomic E-state index is 14.1. The fourth-order valence-electron chi connectivity index (χ4n) is 5.69. The van der Waals surface area contributed by atoms with Gasteiger partial charge < -0.3 is 10.5 Å². The normalized spacial score (nSPS) is 35.7. The number of benzene rings is 1. The van der Waals surface area contributed by atoms with E-state index in [1.807, 2.05) is 6.07 Å². The molecule has 1 aromatic rings. The predicted molar refractivity (Wildman–Crippen MR) is 107 cm³/mol. The molecule has 2 N–H and O–H groups in total. The van der Waals surface area contributed by atoms with Crippen LogP contribution in [-0.2, 0) is 16.7 Å². The van der Waals surface area contributed by atoms with Crippen LogP contribution in [0.2, 0.25) is 0 Å². The first-order valence-corrected chi connectivity index (χ1v) is 10.5. The van der Waals surface area contributed by atoms with E-state index in [9.17, 15) is 8.78 Å². The Hall–Kier alpha value is -1.54. The number of nitrogens with two attached hydrogens (primary N) is 1. The number of alkyl halides is 2. The van der Waals surface area contributed by atoms with Crippen LogP contribution in [0.4, 0.5) is 8.78 Å². The molecule has 2 heterocycles. The van der Waals surface area contributed by atoms with Crippen LogP contribution in [0.5, 0.6) is 0 Å². The van der Waals surface area contributed by atoms with Crippen molar-refractivity contribution in [3.63, 3.8) is 0 Å². The number of fused-ring (bicyclic) bond motifs is 5. The highest BCUT2D eigenvalue weighted by atomic mass is 79.9. The third kappa shape index (κ3) is 2.36. The standard InChI is InChI=1S/C20H23BrF2N4O/c1-28-14-4-6-18(7-5-14)9-12-2-3-13(21)8-15(12)20(18)16-25-10-19(22,23)11-27(16)17(24)26-20/h2-3,8,14H,4-7,9-11H2,1H3,(H2,24,26). The van der Waals surface area contributed by atoms with Gasteiger partial charge in [0.15, 0.2) is 11.5 Å². The van der Waals surface area contributed by atoms with Gasteiger partial charge in [0.2, 0.25) is 0 Å². The number of hydrogen-bond donors (Lipinski definition) is 1. The fourth-order valence-corrected chi connectivity index (χ4v) is 6.05. The number of hydrogen-bond acceptors (Lipinski definition) is 5. The van der Waals surface area contributed by atoms with Crippen molar-refractivity contribution in [1.82, 2.24) is 4.90 Å². The topological polar surface area (TPSA) is 63.2 Å². The second-order valence-electron chi connectivity index (χ2n) is 8.46. The predicted octanol–water partition coefficient (Wildman–Crippen LogP) is 3.45. The van der Waals surface area contributed by atoms with E-state index in [1.54, 1.807) is 7.11 Å². The maximum Gasteiger partial charge on any atom is 0.284 e. The van der Waals surface area contributed by atoms with Crippen LogP contribution in [0.1, 0.15) is 36.8 Å². The summed E-state index contributed by atoms with van der Waals surface area (Å²) in [6.45, 7) is -0.966. The Morgan fingerprint density at radius 1 is 1.29 bits per heavy atom. The lowest BCUT2D eigenvalue weighted by atomic mass is 9.61. The minimum atomic E-state index is -2.89. The van der Waals surface area contributed by atoms with E-state index in [2.05, 4.69) is 33.1 Å². The monoisotopic (exact) mass is 452 g/mol. The van der Waals surface area contributed by atoms with Gasteiger partial charge in [0.05, 0.1) is 12.6 Å². The van der Waals surface area contributed by atoms with Crippen molar-refractivity contribution < 1.29 is 13.5 Å².